The van der Waals surface area contributed by atoms with Crippen molar-refractivity contribution < 1.29 is 27.9 Å². The third kappa shape index (κ3) is 5.12. The number of piperidine rings is 1. The predicted octanol–water partition coefficient (Wildman–Crippen LogP) is 3.03. The Labute approximate surface area is 184 Å². The molecule has 1 spiro atoms. The van der Waals surface area contributed by atoms with Gasteiger partial charge in [0.1, 0.15) is 0 Å². The molecule has 2 aliphatic heterocycles. The second-order valence-electron chi connectivity index (χ2n) is 8.33. The van der Waals surface area contributed by atoms with Crippen molar-refractivity contribution in [1.82, 2.24) is 19.6 Å². The lowest BCUT2D eigenvalue weighted by atomic mass is 9.73. The van der Waals surface area contributed by atoms with E-state index in [-0.39, 0.29) is 11.4 Å². The number of likely N-dealkylation sites (tertiary alicyclic amines) is 2. The number of carbonyl (C=O) groups is 2. The number of hydrogen-bond acceptors (Lipinski definition) is 4. The molecule has 2 fully saturated rings. The number of benzene rings is 1. The van der Waals surface area contributed by atoms with Crippen LogP contribution in [0.2, 0.25) is 0 Å². The summed E-state index contributed by atoms with van der Waals surface area (Å²) in [7, 11) is 3.96. The van der Waals surface area contributed by atoms with Crippen LogP contribution in [-0.4, -0.2) is 68.4 Å². The van der Waals surface area contributed by atoms with Crippen molar-refractivity contribution in [1.29, 1.82) is 0 Å². The minimum Gasteiger partial charge on any atom is -0.475 e. The van der Waals surface area contributed by atoms with Crippen molar-refractivity contribution in [3.05, 3.63) is 53.9 Å². The first kappa shape index (κ1) is 23.8. The van der Waals surface area contributed by atoms with Crippen LogP contribution in [0, 0.1) is 0 Å². The van der Waals surface area contributed by atoms with Crippen LogP contribution in [0.3, 0.4) is 0 Å². The van der Waals surface area contributed by atoms with Gasteiger partial charge in [-0.15, -0.1) is 0 Å². The van der Waals surface area contributed by atoms with E-state index in [1.165, 1.54) is 11.1 Å². The average molecular weight is 452 g/mol. The zero-order valence-electron chi connectivity index (χ0n) is 18.0. The van der Waals surface area contributed by atoms with Crippen LogP contribution in [0.4, 0.5) is 13.2 Å². The maximum Gasteiger partial charge on any atom is 0.490 e. The summed E-state index contributed by atoms with van der Waals surface area (Å²) < 4.78 is 33.6. The molecular weight excluding hydrogens is 425 g/mol. The summed E-state index contributed by atoms with van der Waals surface area (Å²) in [5.41, 5.74) is 2.54. The third-order valence-electron chi connectivity index (χ3n) is 6.40. The average Bonchev–Trinajstić information content (AvgIpc) is 3.26. The monoisotopic (exact) mass is 452 g/mol. The van der Waals surface area contributed by atoms with Gasteiger partial charge >= 0.3 is 12.1 Å². The summed E-state index contributed by atoms with van der Waals surface area (Å²) >= 11 is 0. The van der Waals surface area contributed by atoms with Crippen LogP contribution in [-0.2, 0) is 23.2 Å². The first-order chi connectivity index (χ1) is 15.0. The van der Waals surface area contributed by atoms with E-state index in [1.54, 1.807) is 0 Å². The minimum atomic E-state index is -5.08. The van der Waals surface area contributed by atoms with Gasteiger partial charge in [-0.3, -0.25) is 14.4 Å². The number of likely N-dealkylation sites (N-methyl/N-ethyl adjacent to an activating group) is 1. The Kier molecular flexibility index (Phi) is 6.92. The molecule has 2 aromatic rings. The fraction of sp³-hybridized carbons (Fsp3) is 0.500. The van der Waals surface area contributed by atoms with Gasteiger partial charge < -0.3 is 10.0 Å². The Morgan fingerprint density at radius 2 is 1.78 bits per heavy atom. The molecule has 1 aromatic heterocycles. The molecule has 2 saturated heterocycles. The molecule has 0 bridgehead atoms. The number of rotatable bonds is 3. The van der Waals surface area contributed by atoms with Gasteiger partial charge in [0, 0.05) is 57.8 Å². The van der Waals surface area contributed by atoms with Crippen molar-refractivity contribution in [3.63, 3.8) is 0 Å². The number of aromatic nitrogens is 2. The number of aryl methyl sites for hydroxylation is 1. The highest BCUT2D eigenvalue weighted by molar-refractivity contribution is 5.81. The van der Waals surface area contributed by atoms with Crippen molar-refractivity contribution >= 4 is 11.9 Å². The van der Waals surface area contributed by atoms with E-state index >= 15 is 0 Å². The number of alkyl halides is 3. The van der Waals surface area contributed by atoms with Crippen molar-refractivity contribution in [2.24, 2.45) is 7.05 Å². The lowest BCUT2D eigenvalue weighted by molar-refractivity contribution is -0.192. The summed E-state index contributed by atoms with van der Waals surface area (Å²) in [6.07, 6.45) is 1.66. The predicted molar refractivity (Wildman–Crippen MR) is 111 cm³/mol. The van der Waals surface area contributed by atoms with Crippen molar-refractivity contribution in [3.8, 4) is 0 Å². The van der Waals surface area contributed by atoms with Gasteiger partial charge in [0.2, 0.25) is 5.91 Å². The fourth-order valence-corrected chi connectivity index (χ4v) is 4.69. The fourth-order valence-electron chi connectivity index (χ4n) is 4.69. The Balaban J connectivity index is 0.000000360. The van der Waals surface area contributed by atoms with Gasteiger partial charge in [-0.25, -0.2) is 4.79 Å². The zero-order chi connectivity index (χ0) is 23.5. The molecule has 7 nitrogen and oxygen atoms in total. The molecule has 1 unspecified atom stereocenters. The third-order valence-corrected chi connectivity index (χ3v) is 6.40. The van der Waals surface area contributed by atoms with Gasteiger partial charge in [0.15, 0.2) is 0 Å². The van der Waals surface area contributed by atoms with Crippen LogP contribution in [0.25, 0.3) is 0 Å². The molecule has 1 atom stereocenters. The molecule has 1 aromatic carbocycles. The van der Waals surface area contributed by atoms with Gasteiger partial charge in [0.05, 0.1) is 11.7 Å². The summed E-state index contributed by atoms with van der Waals surface area (Å²) in [5.74, 6) is -2.16. The Morgan fingerprint density at radius 3 is 2.28 bits per heavy atom. The molecule has 2 aliphatic rings. The molecule has 10 heteroatoms. The summed E-state index contributed by atoms with van der Waals surface area (Å²) in [6, 6.07) is 10.6. The number of nitrogens with zero attached hydrogens (tertiary/aromatic N) is 4. The Morgan fingerprint density at radius 1 is 1.19 bits per heavy atom. The zero-order valence-corrected chi connectivity index (χ0v) is 18.0. The van der Waals surface area contributed by atoms with E-state index in [0.29, 0.717) is 12.3 Å². The molecule has 174 valence electrons. The number of carboxylic acids is 1. The quantitative estimate of drug-likeness (QED) is 0.775. The van der Waals surface area contributed by atoms with E-state index < -0.39 is 12.1 Å². The summed E-state index contributed by atoms with van der Waals surface area (Å²) in [6.45, 7) is 2.99. The van der Waals surface area contributed by atoms with E-state index in [4.69, 9.17) is 9.90 Å². The highest BCUT2D eigenvalue weighted by Crippen LogP contribution is 2.48. The number of carbonyl (C=O) groups excluding carboxylic acids is 1. The van der Waals surface area contributed by atoms with Gasteiger partial charge in [-0.1, -0.05) is 30.3 Å². The molecule has 0 aliphatic carbocycles. The Hall–Kier alpha value is -2.88. The van der Waals surface area contributed by atoms with E-state index in [9.17, 15) is 18.0 Å². The minimum absolute atomic E-state index is 0.0239. The van der Waals surface area contributed by atoms with Crippen LogP contribution in [0.15, 0.2) is 42.7 Å². The van der Waals surface area contributed by atoms with Gasteiger partial charge in [0.25, 0.3) is 0 Å². The first-order valence-electron chi connectivity index (χ1n) is 10.3. The number of carboxylic acid groups (broad SMARTS) is 1. The second kappa shape index (κ2) is 9.32. The molecule has 0 radical (unpaired) electrons. The van der Waals surface area contributed by atoms with Crippen LogP contribution in [0.1, 0.15) is 36.3 Å². The van der Waals surface area contributed by atoms with Crippen LogP contribution < -0.4 is 0 Å². The topological polar surface area (TPSA) is 78.7 Å². The highest BCUT2D eigenvalue weighted by atomic mass is 19.4. The molecule has 1 amide bonds. The standard InChI is InChI=1S/C20H26N4O.C2HF3O2/c1-22-14-16(13-21-22)15-24-10-8-20(9-11-24)18(12-19(25)23(20)2)17-6-4-3-5-7-17;3-2(4,5)1(6)7/h3-7,13-14,18H,8-12,15H2,1-2H3;(H,6,7). The second-order valence-corrected chi connectivity index (χ2v) is 8.33. The largest absolute Gasteiger partial charge is 0.490 e. The van der Waals surface area contributed by atoms with Gasteiger partial charge in [-0.2, -0.15) is 18.3 Å². The number of aliphatic carboxylic acids is 1. The molecule has 32 heavy (non-hydrogen) atoms. The maximum absolute atomic E-state index is 12.5. The van der Waals surface area contributed by atoms with Crippen LogP contribution >= 0.6 is 0 Å². The van der Waals surface area contributed by atoms with E-state index in [0.717, 1.165) is 32.5 Å². The van der Waals surface area contributed by atoms with Crippen molar-refractivity contribution in [2.75, 3.05) is 20.1 Å². The smallest absolute Gasteiger partial charge is 0.475 e. The summed E-state index contributed by atoms with van der Waals surface area (Å²) in [5, 5.41) is 11.4. The SMILES string of the molecule is CN1C(=O)CC(c2ccccc2)C12CCN(Cc1cnn(C)c1)CC2.O=C(O)C(F)(F)F. The van der Waals surface area contributed by atoms with Crippen LogP contribution in [0.5, 0.6) is 0 Å². The number of hydrogen-bond donors (Lipinski definition) is 1. The first-order valence-corrected chi connectivity index (χ1v) is 10.3. The lowest BCUT2D eigenvalue weighted by Gasteiger charge is -2.46. The number of halogens is 3. The molecule has 4 rings (SSSR count). The van der Waals surface area contributed by atoms with Crippen molar-refractivity contribution in [2.45, 2.75) is 43.4 Å². The molecular formula is C22H27F3N4O3. The molecule has 3 heterocycles. The van der Waals surface area contributed by atoms with Gasteiger partial charge in [-0.05, 0) is 18.4 Å². The van der Waals surface area contributed by atoms with E-state index in [2.05, 4.69) is 40.5 Å². The number of amides is 1. The van der Waals surface area contributed by atoms with E-state index in [1.807, 2.05) is 35.9 Å². The lowest BCUT2D eigenvalue weighted by Crippen LogP contribution is -2.53. The summed E-state index contributed by atoms with van der Waals surface area (Å²) in [4.78, 5) is 25.9. The molecule has 0 saturated carbocycles. The highest BCUT2D eigenvalue weighted by Gasteiger charge is 2.52. The Bertz CT molecular complexity index is 937. The maximum atomic E-state index is 12.5. The normalized spacial score (nSPS) is 20.8. The molecule has 1 N–H and O–H groups in total.